The molecule has 98 valence electrons. The first-order valence-corrected chi connectivity index (χ1v) is 6.74. The van der Waals surface area contributed by atoms with E-state index in [1.54, 1.807) is 17.5 Å². The first-order chi connectivity index (χ1) is 9.13. The zero-order chi connectivity index (χ0) is 13.4. The maximum atomic E-state index is 5.70. The largest absolute Gasteiger partial charge is 0.368 e. The minimum Gasteiger partial charge on any atom is -0.368 e. The smallest absolute Gasteiger partial charge is 0.224 e. The quantitative estimate of drug-likeness (QED) is 0.682. The van der Waals surface area contributed by atoms with Gasteiger partial charge in [0.25, 0.3) is 0 Å². The van der Waals surface area contributed by atoms with Crippen molar-refractivity contribution < 1.29 is 0 Å². The van der Waals surface area contributed by atoms with Crippen molar-refractivity contribution in [2.24, 2.45) is 0 Å². The Hall–Kier alpha value is -2.15. The molecule has 0 bridgehead atoms. The molecule has 0 spiro atoms. The fourth-order valence-corrected chi connectivity index (χ4v) is 2.80. The number of nitrogen functional groups attached to an aromatic ring is 1. The summed E-state index contributed by atoms with van der Waals surface area (Å²) in [7, 11) is 0. The van der Waals surface area contributed by atoms with Gasteiger partial charge in [0, 0.05) is 9.75 Å². The van der Waals surface area contributed by atoms with Crippen LogP contribution < -0.4 is 11.1 Å². The zero-order valence-electron chi connectivity index (χ0n) is 10.6. The van der Waals surface area contributed by atoms with Gasteiger partial charge in [-0.1, -0.05) is 0 Å². The molecular formula is C12H14N6S. The van der Waals surface area contributed by atoms with Crippen LogP contribution in [-0.2, 0) is 0 Å². The number of hydrogen-bond acceptors (Lipinski definition) is 6. The van der Waals surface area contributed by atoms with Crippen LogP contribution in [0.25, 0.3) is 11.0 Å². The van der Waals surface area contributed by atoms with Crippen LogP contribution in [0.4, 0.5) is 11.8 Å². The van der Waals surface area contributed by atoms with E-state index < -0.39 is 0 Å². The third kappa shape index (κ3) is 2.24. The molecule has 7 heteroatoms. The van der Waals surface area contributed by atoms with Gasteiger partial charge in [-0.25, -0.2) is 0 Å². The number of aromatic nitrogens is 4. The van der Waals surface area contributed by atoms with Crippen LogP contribution in [0, 0.1) is 6.92 Å². The highest BCUT2D eigenvalue weighted by Crippen LogP contribution is 2.27. The lowest BCUT2D eigenvalue weighted by molar-refractivity contribution is 0.899. The lowest BCUT2D eigenvalue weighted by Gasteiger charge is -2.13. The summed E-state index contributed by atoms with van der Waals surface area (Å²) >= 11 is 1.77. The number of nitrogens with zero attached hydrogens (tertiary/aromatic N) is 3. The second kappa shape index (κ2) is 4.51. The first kappa shape index (κ1) is 11.9. The zero-order valence-corrected chi connectivity index (χ0v) is 11.5. The molecule has 3 aromatic heterocycles. The molecule has 0 aromatic carbocycles. The molecule has 0 aliphatic rings. The van der Waals surface area contributed by atoms with Crippen molar-refractivity contribution in [3.05, 3.63) is 28.1 Å². The second-order valence-corrected chi connectivity index (χ2v) is 5.70. The van der Waals surface area contributed by atoms with E-state index in [0.29, 0.717) is 11.5 Å². The normalized spacial score (nSPS) is 12.7. The van der Waals surface area contributed by atoms with Gasteiger partial charge in [-0.3, -0.25) is 5.10 Å². The molecule has 0 saturated heterocycles. The molecular weight excluding hydrogens is 260 g/mol. The fourth-order valence-electron chi connectivity index (χ4n) is 1.92. The number of H-pyrrole nitrogens is 1. The number of aromatic amines is 1. The Morgan fingerprint density at radius 1 is 1.37 bits per heavy atom. The van der Waals surface area contributed by atoms with Gasteiger partial charge in [0.15, 0.2) is 5.65 Å². The molecule has 0 amide bonds. The van der Waals surface area contributed by atoms with E-state index in [2.05, 4.69) is 51.5 Å². The Morgan fingerprint density at radius 2 is 2.21 bits per heavy atom. The molecule has 3 aromatic rings. The number of nitrogens with one attached hydrogen (secondary N) is 2. The van der Waals surface area contributed by atoms with Gasteiger partial charge < -0.3 is 11.1 Å². The number of aryl methyl sites for hydroxylation is 1. The highest BCUT2D eigenvalue weighted by molar-refractivity contribution is 7.12. The van der Waals surface area contributed by atoms with Crippen LogP contribution in [0.15, 0.2) is 18.3 Å². The van der Waals surface area contributed by atoms with Crippen LogP contribution in [0.2, 0.25) is 0 Å². The summed E-state index contributed by atoms with van der Waals surface area (Å²) in [4.78, 5) is 10.9. The molecule has 1 unspecified atom stereocenters. The second-order valence-electron chi connectivity index (χ2n) is 4.38. The summed E-state index contributed by atoms with van der Waals surface area (Å²) in [6.45, 7) is 4.19. The molecule has 19 heavy (non-hydrogen) atoms. The molecule has 0 saturated carbocycles. The van der Waals surface area contributed by atoms with E-state index in [0.717, 1.165) is 5.39 Å². The highest BCUT2D eigenvalue weighted by Gasteiger charge is 2.13. The third-order valence-corrected chi connectivity index (χ3v) is 4.05. The van der Waals surface area contributed by atoms with Crippen LogP contribution in [-0.4, -0.2) is 20.2 Å². The Kier molecular flexibility index (Phi) is 2.83. The number of anilines is 2. The molecule has 0 fully saturated rings. The number of thiophene rings is 1. The summed E-state index contributed by atoms with van der Waals surface area (Å²) in [6, 6.07) is 4.39. The minimum atomic E-state index is 0.158. The van der Waals surface area contributed by atoms with E-state index in [1.807, 2.05) is 0 Å². The SMILES string of the molecule is Cc1ccc(C(C)Nc2nc(N)nc3[nH]ncc23)s1. The summed E-state index contributed by atoms with van der Waals surface area (Å²) in [6.07, 6.45) is 1.70. The monoisotopic (exact) mass is 274 g/mol. The minimum absolute atomic E-state index is 0.158. The molecule has 0 aliphatic heterocycles. The van der Waals surface area contributed by atoms with Gasteiger partial charge in [0.05, 0.1) is 17.6 Å². The molecule has 4 N–H and O–H groups in total. The summed E-state index contributed by atoms with van der Waals surface area (Å²) in [5.41, 5.74) is 6.34. The predicted octanol–water partition coefficient (Wildman–Crippen LogP) is 2.48. The van der Waals surface area contributed by atoms with Crippen molar-refractivity contribution in [2.45, 2.75) is 19.9 Å². The average molecular weight is 274 g/mol. The molecule has 6 nitrogen and oxygen atoms in total. The molecule has 0 aliphatic carbocycles. The van der Waals surface area contributed by atoms with Crippen LogP contribution in [0.5, 0.6) is 0 Å². The van der Waals surface area contributed by atoms with E-state index in [-0.39, 0.29) is 12.0 Å². The molecule has 3 heterocycles. The lowest BCUT2D eigenvalue weighted by Crippen LogP contribution is -2.08. The highest BCUT2D eigenvalue weighted by atomic mass is 32.1. The standard InChI is InChI=1S/C12H14N6S/c1-6-3-4-9(19-6)7(2)15-10-8-5-14-18-11(8)17-12(13)16-10/h3-5,7H,1-2H3,(H4,13,14,15,16,17,18). The molecule has 1 atom stereocenters. The van der Waals surface area contributed by atoms with Crippen molar-refractivity contribution in [3.8, 4) is 0 Å². The van der Waals surface area contributed by atoms with Gasteiger partial charge in [-0.2, -0.15) is 15.1 Å². The summed E-state index contributed by atoms with van der Waals surface area (Å²) in [5, 5.41) is 11.0. The maximum Gasteiger partial charge on any atom is 0.224 e. The molecule has 3 rings (SSSR count). The maximum absolute atomic E-state index is 5.70. The first-order valence-electron chi connectivity index (χ1n) is 5.93. The Morgan fingerprint density at radius 3 is 2.95 bits per heavy atom. The summed E-state index contributed by atoms with van der Waals surface area (Å²) in [5.74, 6) is 0.934. The van der Waals surface area contributed by atoms with Gasteiger partial charge in [-0.15, -0.1) is 11.3 Å². The Labute approximate surface area is 114 Å². The van der Waals surface area contributed by atoms with Crippen molar-refractivity contribution in [2.75, 3.05) is 11.1 Å². The van der Waals surface area contributed by atoms with Crippen LogP contribution in [0.3, 0.4) is 0 Å². The van der Waals surface area contributed by atoms with Gasteiger partial charge >= 0.3 is 0 Å². The Bertz CT molecular complexity index is 716. The fraction of sp³-hybridized carbons (Fsp3) is 0.250. The summed E-state index contributed by atoms with van der Waals surface area (Å²) < 4.78 is 0. The van der Waals surface area contributed by atoms with E-state index >= 15 is 0 Å². The van der Waals surface area contributed by atoms with Gasteiger partial charge in [0.2, 0.25) is 5.95 Å². The Balaban J connectivity index is 1.94. The number of fused-ring (bicyclic) bond motifs is 1. The number of rotatable bonds is 3. The topological polar surface area (TPSA) is 92.5 Å². The van der Waals surface area contributed by atoms with E-state index in [9.17, 15) is 0 Å². The van der Waals surface area contributed by atoms with Crippen molar-refractivity contribution in [3.63, 3.8) is 0 Å². The average Bonchev–Trinajstić information content (AvgIpc) is 2.97. The van der Waals surface area contributed by atoms with Crippen molar-refractivity contribution in [1.82, 2.24) is 20.2 Å². The third-order valence-electron chi connectivity index (χ3n) is 2.87. The van der Waals surface area contributed by atoms with Crippen LogP contribution in [0.1, 0.15) is 22.7 Å². The van der Waals surface area contributed by atoms with E-state index in [1.165, 1.54) is 9.75 Å². The number of nitrogens with two attached hydrogens (primary N) is 1. The van der Waals surface area contributed by atoms with Crippen molar-refractivity contribution in [1.29, 1.82) is 0 Å². The lowest BCUT2D eigenvalue weighted by atomic mass is 10.2. The van der Waals surface area contributed by atoms with Gasteiger partial charge in [-0.05, 0) is 26.0 Å². The predicted molar refractivity (Wildman–Crippen MR) is 77.2 cm³/mol. The van der Waals surface area contributed by atoms with Gasteiger partial charge in [0.1, 0.15) is 5.82 Å². The van der Waals surface area contributed by atoms with E-state index in [4.69, 9.17) is 5.73 Å². The number of hydrogen-bond donors (Lipinski definition) is 3. The molecule has 0 radical (unpaired) electrons. The van der Waals surface area contributed by atoms with Crippen molar-refractivity contribution >= 4 is 34.1 Å². The van der Waals surface area contributed by atoms with Crippen LogP contribution >= 0.6 is 11.3 Å².